The molecule has 0 saturated carbocycles. The van der Waals surface area contributed by atoms with Crippen LogP contribution in [0.4, 0.5) is 0 Å². The molecule has 0 spiro atoms. The van der Waals surface area contributed by atoms with Crippen molar-refractivity contribution in [1.82, 2.24) is 4.57 Å². The van der Waals surface area contributed by atoms with Gasteiger partial charge in [-0.15, -0.1) is 0 Å². The van der Waals surface area contributed by atoms with Crippen molar-refractivity contribution in [1.29, 1.82) is 0 Å². The molecule has 0 aliphatic heterocycles. The van der Waals surface area contributed by atoms with Crippen LogP contribution in [0.2, 0.25) is 0 Å². The molecule has 0 saturated heterocycles. The smallest absolute Gasteiger partial charge is 0.115 e. The van der Waals surface area contributed by atoms with Crippen molar-refractivity contribution in [2.75, 3.05) is 0 Å². The SMILES string of the molecule is O/N=C/c1c(-c2ccccc2)n(-c2ccc(O)cc2)c2ccccc12. The minimum Gasteiger partial charge on any atom is -0.508 e. The zero-order chi connectivity index (χ0) is 17.2. The summed E-state index contributed by atoms with van der Waals surface area (Å²) in [4.78, 5) is 0. The van der Waals surface area contributed by atoms with Crippen molar-refractivity contribution in [3.63, 3.8) is 0 Å². The molecular weight excluding hydrogens is 312 g/mol. The van der Waals surface area contributed by atoms with E-state index in [1.165, 1.54) is 6.21 Å². The van der Waals surface area contributed by atoms with E-state index in [0.29, 0.717) is 0 Å². The van der Waals surface area contributed by atoms with Crippen molar-refractivity contribution in [3.05, 3.63) is 84.4 Å². The van der Waals surface area contributed by atoms with Crippen LogP contribution in [-0.4, -0.2) is 21.1 Å². The molecule has 4 rings (SSSR count). The van der Waals surface area contributed by atoms with E-state index >= 15 is 0 Å². The first-order chi connectivity index (χ1) is 12.3. The number of benzene rings is 3. The lowest BCUT2D eigenvalue weighted by atomic mass is 10.1. The van der Waals surface area contributed by atoms with Crippen molar-refractivity contribution in [3.8, 4) is 22.7 Å². The Kier molecular flexibility index (Phi) is 3.71. The second-order valence-corrected chi connectivity index (χ2v) is 5.74. The first-order valence-corrected chi connectivity index (χ1v) is 7.95. The number of fused-ring (bicyclic) bond motifs is 1. The van der Waals surface area contributed by atoms with Crippen LogP contribution in [0.25, 0.3) is 27.8 Å². The molecule has 4 heteroatoms. The molecule has 0 atom stereocenters. The average Bonchev–Trinajstić information content (AvgIpc) is 2.98. The summed E-state index contributed by atoms with van der Waals surface area (Å²) in [6.07, 6.45) is 1.47. The third kappa shape index (κ3) is 2.54. The van der Waals surface area contributed by atoms with Crippen molar-refractivity contribution in [2.24, 2.45) is 5.16 Å². The number of phenolic OH excluding ortho intramolecular Hbond substituents is 1. The van der Waals surface area contributed by atoms with E-state index in [4.69, 9.17) is 0 Å². The summed E-state index contributed by atoms with van der Waals surface area (Å²) in [5.41, 5.74) is 4.72. The minimum atomic E-state index is 0.221. The largest absolute Gasteiger partial charge is 0.508 e. The van der Waals surface area contributed by atoms with Gasteiger partial charge in [0, 0.05) is 16.6 Å². The summed E-state index contributed by atoms with van der Waals surface area (Å²) in [5, 5.41) is 23.1. The second kappa shape index (κ2) is 6.17. The predicted molar refractivity (Wildman–Crippen MR) is 99.8 cm³/mol. The van der Waals surface area contributed by atoms with Crippen LogP contribution in [0, 0.1) is 0 Å². The van der Waals surface area contributed by atoms with Gasteiger partial charge in [0.2, 0.25) is 0 Å². The minimum absolute atomic E-state index is 0.221. The molecule has 3 aromatic carbocycles. The van der Waals surface area contributed by atoms with Crippen LogP contribution in [0.1, 0.15) is 5.56 Å². The fourth-order valence-electron chi connectivity index (χ4n) is 3.20. The summed E-state index contributed by atoms with van der Waals surface area (Å²) >= 11 is 0. The van der Waals surface area contributed by atoms with Crippen LogP contribution in [-0.2, 0) is 0 Å². The van der Waals surface area contributed by atoms with Crippen molar-refractivity contribution < 1.29 is 10.3 Å². The Bertz CT molecular complexity index is 1050. The van der Waals surface area contributed by atoms with E-state index in [2.05, 4.69) is 9.72 Å². The molecule has 4 nitrogen and oxygen atoms in total. The van der Waals surface area contributed by atoms with Crippen LogP contribution in [0.3, 0.4) is 0 Å². The Hall–Kier alpha value is -3.53. The Balaban J connectivity index is 2.14. The summed E-state index contributed by atoms with van der Waals surface area (Å²) in [6, 6.07) is 25.0. The van der Waals surface area contributed by atoms with Crippen LogP contribution < -0.4 is 0 Å². The topological polar surface area (TPSA) is 57.8 Å². The normalized spacial score (nSPS) is 11.4. The number of phenols is 1. The first kappa shape index (κ1) is 15.0. The van der Waals surface area contributed by atoms with Crippen LogP contribution in [0.5, 0.6) is 5.75 Å². The van der Waals surface area contributed by atoms with E-state index in [0.717, 1.165) is 33.4 Å². The monoisotopic (exact) mass is 328 g/mol. The number of oxime groups is 1. The Morgan fingerprint density at radius 2 is 1.48 bits per heavy atom. The van der Waals surface area contributed by atoms with E-state index in [9.17, 15) is 10.3 Å². The summed E-state index contributed by atoms with van der Waals surface area (Å²) in [6.45, 7) is 0. The van der Waals surface area contributed by atoms with Gasteiger partial charge in [-0.2, -0.15) is 0 Å². The van der Waals surface area contributed by atoms with E-state index in [-0.39, 0.29) is 5.75 Å². The zero-order valence-electron chi connectivity index (χ0n) is 13.4. The molecule has 0 bridgehead atoms. The molecule has 25 heavy (non-hydrogen) atoms. The number of aromatic hydroxyl groups is 1. The highest BCUT2D eigenvalue weighted by Crippen LogP contribution is 2.35. The molecule has 4 aromatic rings. The molecule has 0 amide bonds. The lowest BCUT2D eigenvalue weighted by Gasteiger charge is -2.12. The number of para-hydroxylation sites is 1. The zero-order valence-corrected chi connectivity index (χ0v) is 13.4. The summed E-state index contributed by atoms with van der Waals surface area (Å²) in [5.74, 6) is 0.221. The van der Waals surface area contributed by atoms with Gasteiger partial charge in [-0.1, -0.05) is 53.7 Å². The van der Waals surface area contributed by atoms with Gasteiger partial charge in [0.1, 0.15) is 5.75 Å². The van der Waals surface area contributed by atoms with E-state index in [1.807, 2.05) is 66.7 Å². The highest BCUT2D eigenvalue weighted by molar-refractivity contribution is 6.07. The molecule has 0 aliphatic rings. The maximum Gasteiger partial charge on any atom is 0.115 e. The van der Waals surface area contributed by atoms with Crippen LogP contribution >= 0.6 is 0 Å². The molecule has 1 heterocycles. The average molecular weight is 328 g/mol. The number of nitrogens with zero attached hydrogens (tertiary/aromatic N) is 2. The van der Waals surface area contributed by atoms with Gasteiger partial charge in [0.15, 0.2) is 0 Å². The quantitative estimate of drug-likeness (QED) is 0.322. The number of hydrogen-bond donors (Lipinski definition) is 2. The van der Waals surface area contributed by atoms with Gasteiger partial charge < -0.3 is 14.9 Å². The van der Waals surface area contributed by atoms with Gasteiger partial charge in [-0.05, 0) is 35.9 Å². The maximum atomic E-state index is 9.63. The second-order valence-electron chi connectivity index (χ2n) is 5.74. The predicted octanol–water partition coefficient (Wildman–Crippen LogP) is 4.81. The number of aromatic nitrogens is 1. The highest BCUT2D eigenvalue weighted by atomic mass is 16.4. The molecule has 0 aliphatic carbocycles. The number of hydrogen-bond acceptors (Lipinski definition) is 3. The summed E-state index contributed by atoms with van der Waals surface area (Å²) < 4.78 is 2.11. The lowest BCUT2D eigenvalue weighted by Crippen LogP contribution is -1.98. The molecule has 0 unspecified atom stereocenters. The van der Waals surface area contributed by atoms with Gasteiger partial charge in [0.25, 0.3) is 0 Å². The fourth-order valence-corrected chi connectivity index (χ4v) is 3.20. The first-order valence-electron chi connectivity index (χ1n) is 7.95. The Morgan fingerprint density at radius 1 is 0.800 bits per heavy atom. The molecule has 2 N–H and O–H groups in total. The van der Waals surface area contributed by atoms with E-state index < -0.39 is 0 Å². The summed E-state index contributed by atoms with van der Waals surface area (Å²) in [7, 11) is 0. The van der Waals surface area contributed by atoms with E-state index in [1.54, 1.807) is 12.1 Å². The Labute approximate surface area is 144 Å². The lowest BCUT2D eigenvalue weighted by molar-refractivity contribution is 0.322. The fraction of sp³-hybridized carbons (Fsp3) is 0. The number of rotatable bonds is 3. The molecule has 0 radical (unpaired) electrons. The molecule has 1 aromatic heterocycles. The third-order valence-electron chi connectivity index (χ3n) is 4.26. The molecule has 122 valence electrons. The van der Waals surface area contributed by atoms with Crippen molar-refractivity contribution in [2.45, 2.75) is 0 Å². The Morgan fingerprint density at radius 3 is 2.20 bits per heavy atom. The van der Waals surface area contributed by atoms with Gasteiger partial charge in [0.05, 0.1) is 17.4 Å². The maximum absolute atomic E-state index is 9.63. The third-order valence-corrected chi connectivity index (χ3v) is 4.26. The van der Waals surface area contributed by atoms with Gasteiger partial charge in [-0.25, -0.2) is 0 Å². The standard InChI is InChI=1S/C21H16N2O2/c24-17-12-10-16(11-13-17)23-20-9-5-4-8-18(20)19(14-22-25)21(23)15-6-2-1-3-7-15/h1-14,24-25H/b22-14+. The van der Waals surface area contributed by atoms with Crippen LogP contribution in [0.15, 0.2) is 84.0 Å². The van der Waals surface area contributed by atoms with Gasteiger partial charge >= 0.3 is 0 Å². The molecular formula is C21H16N2O2. The van der Waals surface area contributed by atoms with Crippen molar-refractivity contribution >= 4 is 17.1 Å². The molecule has 0 fully saturated rings. The highest BCUT2D eigenvalue weighted by Gasteiger charge is 2.18. The van der Waals surface area contributed by atoms with Gasteiger partial charge in [-0.3, -0.25) is 0 Å².